The van der Waals surface area contributed by atoms with Gasteiger partial charge in [0.1, 0.15) is 11.6 Å². The molecule has 0 aliphatic carbocycles. The lowest BCUT2D eigenvalue weighted by molar-refractivity contribution is -0.385. The number of hydrogen-bond acceptors (Lipinski definition) is 6. The molecule has 9 heteroatoms. The quantitative estimate of drug-likeness (QED) is 0.543. The number of benzene rings is 1. The molecule has 2 amide bonds. The number of nitrogens with one attached hydrogen (secondary N) is 2. The van der Waals surface area contributed by atoms with Gasteiger partial charge in [0.2, 0.25) is 5.91 Å². The van der Waals surface area contributed by atoms with Crippen LogP contribution in [0, 0.1) is 10.1 Å². The summed E-state index contributed by atoms with van der Waals surface area (Å²) in [6, 6.07) is 1.48. The fourth-order valence-electron chi connectivity index (χ4n) is 1.94. The van der Waals surface area contributed by atoms with Crippen LogP contribution >= 0.6 is 0 Å². The van der Waals surface area contributed by atoms with Crippen molar-refractivity contribution in [1.82, 2.24) is 10.6 Å². The molecule has 132 valence electrons. The highest BCUT2D eigenvalue weighted by Crippen LogP contribution is 2.34. The van der Waals surface area contributed by atoms with Crippen LogP contribution in [-0.2, 0) is 4.79 Å². The van der Waals surface area contributed by atoms with Crippen molar-refractivity contribution >= 4 is 17.5 Å². The lowest BCUT2D eigenvalue weighted by Gasteiger charge is -2.15. The largest absolute Gasteiger partial charge is 0.493 e. The summed E-state index contributed by atoms with van der Waals surface area (Å²) in [5.74, 6) is -0.805. The van der Waals surface area contributed by atoms with Crippen molar-refractivity contribution in [3.63, 3.8) is 0 Å². The molecule has 0 saturated heterocycles. The van der Waals surface area contributed by atoms with Crippen molar-refractivity contribution < 1.29 is 24.0 Å². The molecule has 0 bridgehead atoms. The Kier molecular flexibility index (Phi) is 6.97. The Morgan fingerprint density at radius 1 is 1.25 bits per heavy atom. The van der Waals surface area contributed by atoms with Crippen LogP contribution in [0.1, 0.15) is 30.6 Å². The van der Waals surface area contributed by atoms with Gasteiger partial charge < -0.3 is 20.1 Å². The third-order valence-corrected chi connectivity index (χ3v) is 3.23. The Labute approximate surface area is 139 Å². The maximum Gasteiger partial charge on any atom is 0.286 e. The van der Waals surface area contributed by atoms with E-state index in [1.165, 1.54) is 27.2 Å². The predicted molar refractivity (Wildman–Crippen MR) is 86.4 cm³/mol. The molecule has 0 saturated carbocycles. The van der Waals surface area contributed by atoms with E-state index in [0.29, 0.717) is 6.54 Å². The minimum absolute atomic E-state index is 0.134. The molecule has 0 aliphatic rings. The summed E-state index contributed by atoms with van der Waals surface area (Å²) >= 11 is 0. The molecule has 0 heterocycles. The highest BCUT2D eigenvalue weighted by molar-refractivity contribution is 6.01. The van der Waals surface area contributed by atoms with Gasteiger partial charge in [0, 0.05) is 12.6 Å². The summed E-state index contributed by atoms with van der Waals surface area (Å²) in [5, 5.41) is 16.3. The summed E-state index contributed by atoms with van der Waals surface area (Å²) in [4.78, 5) is 34.7. The second-order valence-corrected chi connectivity index (χ2v) is 4.97. The third-order valence-electron chi connectivity index (χ3n) is 3.23. The topological polar surface area (TPSA) is 120 Å². The molecular weight excluding hydrogens is 318 g/mol. The number of hydrogen-bond donors (Lipinski definition) is 2. The Morgan fingerprint density at radius 2 is 1.83 bits per heavy atom. The number of carbonyl (C=O) groups is 2. The first kappa shape index (κ1) is 19.2. The molecule has 0 spiro atoms. The van der Waals surface area contributed by atoms with Crippen LogP contribution in [0.15, 0.2) is 12.1 Å². The van der Waals surface area contributed by atoms with E-state index in [2.05, 4.69) is 10.6 Å². The summed E-state index contributed by atoms with van der Waals surface area (Å²) < 4.78 is 10.1. The molecule has 1 aromatic rings. The van der Waals surface area contributed by atoms with Gasteiger partial charge in [-0.3, -0.25) is 19.7 Å². The van der Waals surface area contributed by atoms with Gasteiger partial charge in [-0.2, -0.15) is 0 Å². The summed E-state index contributed by atoms with van der Waals surface area (Å²) in [6.07, 6.45) is 0.757. The summed E-state index contributed by atoms with van der Waals surface area (Å²) in [7, 11) is 2.69. The monoisotopic (exact) mass is 339 g/mol. The average molecular weight is 339 g/mol. The Hall–Kier alpha value is -2.84. The predicted octanol–water partition coefficient (Wildman–Crippen LogP) is 1.26. The first-order chi connectivity index (χ1) is 11.3. The molecule has 2 N–H and O–H groups in total. The van der Waals surface area contributed by atoms with Crippen LogP contribution in [0.4, 0.5) is 5.69 Å². The smallest absolute Gasteiger partial charge is 0.286 e. The van der Waals surface area contributed by atoms with E-state index in [0.717, 1.165) is 12.5 Å². The van der Waals surface area contributed by atoms with E-state index in [-0.39, 0.29) is 23.0 Å². The minimum Gasteiger partial charge on any atom is -0.493 e. The summed E-state index contributed by atoms with van der Waals surface area (Å²) in [5.41, 5.74) is -0.654. The molecule has 24 heavy (non-hydrogen) atoms. The van der Waals surface area contributed by atoms with Crippen molar-refractivity contribution in [3.05, 3.63) is 27.8 Å². The maximum atomic E-state index is 12.3. The number of carbonyl (C=O) groups excluding carboxylic acids is 2. The van der Waals surface area contributed by atoms with Gasteiger partial charge in [-0.1, -0.05) is 6.92 Å². The van der Waals surface area contributed by atoms with Gasteiger partial charge in [-0.25, -0.2) is 0 Å². The Morgan fingerprint density at radius 3 is 2.33 bits per heavy atom. The van der Waals surface area contributed by atoms with Gasteiger partial charge in [-0.05, 0) is 13.3 Å². The van der Waals surface area contributed by atoms with Crippen molar-refractivity contribution in [2.75, 3.05) is 20.8 Å². The average Bonchev–Trinajstić information content (AvgIpc) is 2.57. The molecule has 9 nitrogen and oxygen atoms in total. The second kappa shape index (κ2) is 8.70. The lowest BCUT2D eigenvalue weighted by atomic mass is 10.1. The zero-order chi connectivity index (χ0) is 18.3. The van der Waals surface area contributed by atoms with Gasteiger partial charge >= 0.3 is 0 Å². The van der Waals surface area contributed by atoms with Crippen LogP contribution in [0.25, 0.3) is 0 Å². The molecular formula is C15H21N3O6. The minimum atomic E-state index is -0.836. The Bertz CT molecular complexity index is 632. The van der Waals surface area contributed by atoms with Crippen molar-refractivity contribution in [3.8, 4) is 11.5 Å². The van der Waals surface area contributed by atoms with E-state index in [1.807, 2.05) is 6.92 Å². The SMILES string of the molecule is CCCNC(=O)[C@@H](C)NC(=O)c1cc(OC)c(OC)cc1[N+](=O)[O-]. The number of amides is 2. The van der Waals surface area contributed by atoms with Crippen molar-refractivity contribution in [2.24, 2.45) is 0 Å². The molecule has 0 aliphatic heterocycles. The standard InChI is InChI=1S/C15H21N3O6/c1-5-6-16-14(19)9(2)17-15(20)10-7-12(23-3)13(24-4)8-11(10)18(21)22/h7-9H,5-6H2,1-4H3,(H,16,19)(H,17,20)/t9-/m1/s1. The van der Waals surface area contributed by atoms with Gasteiger partial charge in [-0.15, -0.1) is 0 Å². The van der Waals surface area contributed by atoms with Crippen molar-refractivity contribution in [2.45, 2.75) is 26.3 Å². The fourth-order valence-corrected chi connectivity index (χ4v) is 1.94. The van der Waals surface area contributed by atoms with Crippen LogP contribution in [0.2, 0.25) is 0 Å². The van der Waals surface area contributed by atoms with Gasteiger partial charge in [0.25, 0.3) is 11.6 Å². The number of nitro groups is 1. The highest BCUT2D eigenvalue weighted by Gasteiger charge is 2.26. The number of methoxy groups -OCH3 is 2. The first-order valence-electron chi connectivity index (χ1n) is 7.34. The molecule has 0 radical (unpaired) electrons. The van der Waals surface area contributed by atoms with Crippen LogP contribution in [0.5, 0.6) is 11.5 Å². The van der Waals surface area contributed by atoms with Crippen LogP contribution in [0.3, 0.4) is 0 Å². The van der Waals surface area contributed by atoms with Crippen LogP contribution in [-0.4, -0.2) is 43.5 Å². The molecule has 0 unspecified atom stereocenters. The molecule has 0 fully saturated rings. The molecule has 1 atom stereocenters. The number of rotatable bonds is 8. The van der Waals surface area contributed by atoms with E-state index >= 15 is 0 Å². The molecule has 1 rings (SSSR count). The van der Waals surface area contributed by atoms with E-state index in [9.17, 15) is 19.7 Å². The highest BCUT2D eigenvalue weighted by atomic mass is 16.6. The number of ether oxygens (including phenoxy) is 2. The maximum absolute atomic E-state index is 12.3. The normalized spacial score (nSPS) is 11.3. The summed E-state index contributed by atoms with van der Waals surface area (Å²) in [6.45, 7) is 3.88. The van der Waals surface area contributed by atoms with Crippen LogP contribution < -0.4 is 20.1 Å². The molecule has 0 aromatic heterocycles. The van der Waals surface area contributed by atoms with E-state index in [1.54, 1.807) is 0 Å². The fraction of sp³-hybridized carbons (Fsp3) is 0.467. The van der Waals surface area contributed by atoms with E-state index < -0.39 is 22.6 Å². The van der Waals surface area contributed by atoms with Gasteiger partial charge in [0.15, 0.2) is 11.5 Å². The van der Waals surface area contributed by atoms with E-state index in [4.69, 9.17) is 9.47 Å². The zero-order valence-corrected chi connectivity index (χ0v) is 14.0. The second-order valence-electron chi connectivity index (χ2n) is 4.97. The lowest BCUT2D eigenvalue weighted by Crippen LogP contribution is -2.45. The first-order valence-corrected chi connectivity index (χ1v) is 7.34. The Balaban J connectivity index is 3.08. The number of nitrogens with zero attached hydrogens (tertiary/aromatic N) is 1. The molecule has 1 aromatic carbocycles. The van der Waals surface area contributed by atoms with Gasteiger partial charge in [0.05, 0.1) is 25.2 Å². The number of nitro benzene ring substituents is 1. The van der Waals surface area contributed by atoms with Crippen molar-refractivity contribution in [1.29, 1.82) is 0 Å². The third kappa shape index (κ3) is 4.58. The zero-order valence-electron chi connectivity index (χ0n) is 14.0.